The van der Waals surface area contributed by atoms with E-state index in [1.165, 1.54) is 4.68 Å². The molecule has 0 fully saturated rings. The third kappa shape index (κ3) is 2.92. The number of carbonyl (C=O) groups excluding carboxylic acids is 1. The van der Waals surface area contributed by atoms with Crippen LogP contribution in [0.1, 0.15) is 5.82 Å². The largest absolute Gasteiger partial charge is 0.367 e. The highest BCUT2D eigenvalue weighted by molar-refractivity contribution is 6.31. The third-order valence-corrected chi connectivity index (χ3v) is 3.03. The Bertz CT molecular complexity index is 794. The average molecular weight is 307 g/mol. The Morgan fingerprint density at radius 3 is 3.10 bits per heavy atom. The average Bonchev–Trinajstić information content (AvgIpc) is 3.02. The predicted molar refractivity (Wildman–Crippen MR) is 75.2 cm³/mol. The second-order valence-corrected chi connectivity index (χ2v) is 4.75. The lowest BCUT2D eigenvalue weighted by Gasteiger charge is -2.03. The summed E-state index contributed by atoms with van der Waals surface area (Å²) in [5, 5.41) is 13.8. The molecular formula is C11H11ClN8O. The number of nitrogens with zero attached hydrogens (tertiary/aromatic N) is 5. The highest BCUT2D eigenvalue weighted by Crippen LogP contribution is 2.16. The van der Waals surface area contributed by atoms with E-state index in [2.05, 4.69) is 30.8 Å². The first-order chi connectivity index (χ1) is 10.1. The van der Waals surface area contributed by atoms with E-state index in [1.807, 2.05) is 0 Å². The number of nitrogens with one attached hydrogen (secondary N) is 2. The van der Waals surface area contributed by atoms with Crippen LogP contribution in [0.25, 0.3) is 11.0 Å². The quantitative estimate of drug-likeness (QED) is 0.627. The second-order valence-electron chi connectivity index (χ2n) is 4.32. The number of fused-ring (bicyclic) bond motifs is 1. The van der Waals surface area contributed by atoms with Crippen LogP contribution < -0.4 is 11.1 Å². The van der Waals surface area contributed by atoms with Crippen LogP contribution in [0.4, 0.5) is 5.95 Å². The zero-order valence-electron chi connectivity index (χ0n) is 10.7. The molecule has 0 aliphatic rings. The fraction of sp³-hybridized carbons (Fsp3) is 0.182. The standard InChI is InChI=1S/C11H11ClN8O/c12-6-1-2-7-8(3-6)16-9(15-7)4-14-10(21)5-20-11(13)17-18-19-20/h1-3H,4-5H2,(H,14,21)(H,15,16)(H2,13,17,19). The molecule has 0 aliphatic heterocycles. The van der Waals surface area contributed by atoms with Gasteiger partial charge in [-0.3, -0.25) is 4.79 Å². The summed E-state index contributed by atoms with van der Waals surface area (Å²) in [6, 6.07) is 5.34. The summed E-state index contributed by atoms with van der Waals surface area (Å²) in [5.74, 6) is 0.446. The molecule has 2 aromatic heterocycles. The third-order valence-electron chi connectivity index (χ3n) is 2.80. The molecule has 9 nitrogen and oxygen atoms in total. The summed E-state index contributed by atoms with van der Waals surface area (Å²) >= 11 is 5.90. The molecule has 0 atom stereocenters. The molecule has 3 rings (SSSR count). The van der Waals surface area contributed by atoms with Crippen molar-refractivity contribution < 1.29 is 4.79 Å². The number of rotatable bonds is 4. The van der Waals surface area contributed by atoms with Gasteiger partial charge in [-0.2, -0.15) is 0 Å². The van der Waals surface area contributed by atoms with Crippen molar-refractivity contribution in [2.75, 3.05) is 5.73 Å². The van der Waals surface area contributed by atoms with Gasteiger partial charge in [0.1, 0.15) is 12.4 Å². The van der Waals surface area contributed by atoms with Gasteiger partial charge in [0.25, 0.3) is 0 Å². The number of anilines is 1. The van der Waals surface area contributed by atoms with E-state index in [-0.39, 0.29) is 24.9 Å². The molecule has 0 saturated heterocycles. The van der Waals surface area contributed by atoms with Crippen LogP contribution >= 0.6 is 11.6 Å². The molecule has 0 saturated carbocycles. The minimum atomic E-state index is -0.271. The number of aromatic nitrogens is 6. The van der Waals surface area contributed by atoms with Gasteiger partial charge in [0.05, 0.1) is 17.6 Å². The number of imidazole rings is 1. The Morgan fingerprint density at radius 1 is 1.48 bits per heavy atom. The van der Waals surface area contributed by atoms with Gasteiger partial charge in [-0.05, 0) is 28.6 Å². The van der Waals surface area contributed by atoms with Crippen LogP contribution in [0.5, 0.6) is 0 Å². The van der Waals surface area contributed by atoms with Crippen molar-refractivity contribution in [2.45, 2.75) is 13.1 Å². The van der Waals surface area contributed by atoms with Gasteiger partial charge in [0.2, 0.25) is 11.9 Å². The molecule has 21 heavy (non-hydrogen) atoms. The minimum Gasteiger partial charge on any atom is -0.367 e. The van der Waals surface area contributed by atoms with Gasteiger partial charge in [-0.1, -0.05) is 16.7 Å². The van der Waals surface area contributed by atoms with Gasteiger partial charge in [-0.15, -0.1) is 0 Å². The Morgan fingerprint density at radius 2 is 2.33 bits per heavy atom. The van der Waals surface area contributed by atoms with Crippen molar-refractivity contribution >= 4 is 34.5 Å². The molecule has 0 bridgehead atoms. The number of nitrogen functional groups attached to an aromatic ring is 1. The first kappa shape index (κ1) is 13.3. The van der Waals surface area contributed by atoms with Crippen LogP contribution in [0, 0.1) is 0 Å². The number of amides is 1. The predicted octanol–water partition coefficient (Wildman–Crippen LogP) is 0.101. The van der Waals surface area contributed by atoms with Crippen LogP contribution in [0.2, 0.25) is 5.02 Å². The second kappa shape index (κ2) is 5.37. The Balaban J connectivity index is 1.63. The number of hydrogen-bond acceptors (Lipinski definition) is 6. The monoisotopic (exact) mass is 306 g/mol. The zero-order chi connectivity index (χ0) is 14.8. The maximum atomic E-state index is 11.8. The summed E-state index contributed by atoms with van der Waals surface area (Å²) < 4.78 is 1.20. The molecule has 0 unspecified atom stereocenters. The fourth-order valence-electron chi connectivity index (χ4n) is 1.82. The Labute approximate surface area is 123 Å². The molecule has 0 spiro atoms. The summed E-state index contributed by atoms with van der Waals surface area (Å²) in [6.07, 6.45) is 0. The van der Waals surface area contributed by atoms with Crippen molar-refractivity contribution in [1.82, 2.24) is 35.5 Å². The number of benzene rings is 1. The summed E-state index contributed by atoms with van der Waals surface area (Å²) in [7, 11) is 0. The van der Waals surface area contributed by atoms with Crippen molar-refractivity contribution in [3.63, 3.8) is 0 Å². The molecule has 108 valence electrons. The zero-order valence-corrected chi connectivity index (χ0v) is 11.5. The smallest absolute Gasteiger partial charge is 0.242 e. The van der Waals surface area contributed by atoms with E-state index >= 15 is 0 Å². The van der Waals surface area contributed by atoms with Crippen molar-refractivity contribution in [3.8, 4) is 0 Å². The van der Waals surface area contributed by atoms with E-state index in [9.17, 15) is 4.79 Å². The summed E-state index contributed by atoms with van der Waals surface area (Å²) in [4.78, 5) is 19.2. The van der Waals surface area contributed by atoms with Crippen LogP contribution in [-0.4, -0.2) is 36.1 Å². The molecule has 3 aromatic rings. The van der Waals surface area contributed by atoms with Crippen LogP contribution in [-0.2, 0) is 17.9 Å². The number of aromatic amines is 1. The lowest BCUT2D eigenvalue weighted by molar-refractivity contribution is -0.122. The molecule has 4 N–H and O–H groups in total. The van der Waals surface area contributed by atoms with Crippen LogP contribution in [0.3, 0.4) is 0 Å². The molecule has 2 heterocycles. The van der Waals surface area contributed by atoms with E-state index < -0.39 is 0 Å². The number of H-pyrrole nitrogens is 1. The number of tetrazole rings is 1. The molecule has 0 radical (unpaired) electrons. The Kier molecular flexibility index (Phi) is 3.40. The first-order valence-electron chi connectivity index (χ1n) is 6.04. The van der Waals surface area contributed by atoms with Crippen molar-refractivity contribution in [2.24, 2.45) is 0 Å². The number of nitrogens with two attached hydrogens (primary N) is 1. The van der Waals surface area contributed by atoms with E-state index in [0.29, 0.717) is 10.8 Å². The van der Waals surface area contributed by atoms with Crippen molar-refractivity contribution in [1.29, 1.82) is 0 Å². The maximum Gasteiger partial charge on any atom is 0.242 e. The number of carbonyl (C=O) groups is 1. The molecular weight excluding hydrogens is 296 g/mol. The highest BCUT2D eigenvalue weighted by Gasteiger charge is 2.09. The van der Waals surface area contributed by atoms with Gasteiger partial charge < -0.3 is 16.0 Å². The summed E-state index contributed by atoms with van der Waals surface area (Å²) in [6.45, 7) is 0.206. The highest BCUT2D eigenvalue weighted by atomic mass is 35.5. The first-order valence-corrected chi connectivity index (χ1v) is 6.42. The molecule has 10 heteroatoms. The number of halogens is 1. The van der Waals surface area contributed by atoms with Crippen LogP contribution in [0.15, 0.2) is 18.2 Å². The van der Waals surface area contributed by atoms with E-state index in [4.69, 9.17) is 17.3 Å². The van der Waals surface area contributed by atoms with Gasteiger partial charge in [0.15, 0.2) is 0 Å². The van der Waals surface area contributed by atoms with E-state index in [0.717, 1.165) is 11.0 Å². The molecule has 0 aliphatic carbocycles. The Hall–Kier alpha value is -2.68. The fourth-order valence-corrected chi connectivity index (χ4v) is 1.99. The normalized spacial score (nSPS) is 10.9. The van der Waals surface area contributed by atoms with E-state index in [1.54, 1.807) is 18.2 Å². The van der Waals surface area contributed by atoms with Gasteiger partial charge in [0, 0.05) is 5.02 Å². The molecule has 1 amide bonds. The van der Waals surface area contributed by atoms with Gasteiger partial charge >= 0.3 is 0 Å². The molecule has 1 aromatic carbocycles. The maximum absolute atomic E-state index is 11.8. The minimum absolute atomic E-state index is 0.0507. The lowest BCUT2D eigenvalue weighted by Crippen LogP contribution is -2.28. The lowest BCUT2D eigenvalue weighted by atomic mass is 10.3. The van der Waals surface area contributed by atoms with Gasteiger partial charge in [-0.25, -0.2) is 9.67 Å². The SMILES string of the molecule is Nc1nnnn1CC(=O)NCc1nc2ccc(Cl)cc2[nH]1. The summed E-state index contributed by atoms with van der Waals surface area (Å²) in [5.41, 5.74) is 7.08. The van der Waals surface area contributed by atoms with Crippen molar-refractivity contribution in [3.05, 3.63) is 29.0 Å². The topological polar surface area (TPSA) is 127 Å². The number of hydrogen-bond donors (Lipinski definition) is 3.